The van der Waals surface area contributed by atoms with Crippen LogP contribution in [0.25, 0.3) is 16.9 Å². The fourth-order valence-corrected chi connectivity index (χ4v) is 5.22. The van der Waals surface area contributed by atoms with Crippen molar-refractivity contribution in [3.8, 4) is 39.9 Å². The standard InChI is InChI=1S/C18H18N3O6PS/c1-24-14-5-4-11(6-17(14)29-28(3,22)23)13-9-19-20-21(13)12-7-15(25-2)18-16(8-12)26-10-27-18/h4-9H,10H2,1-3H3,(H,22,23)/p-1. The predicted octanol–water partition coefficient (Wildman–Crippen LogP) is 2.96. The summed E-state index contributed by atoms with van der Waals surface area (Å²) in [5.41, 5.74) is 2.05. The lowest BCUT2D eigenvalue weighted by atomic mass is 10.1. The highest BCUT2D eigenvalue weighted by Crippen LogP contribution is 2.54. The van der Waals surface area contributed by atoms with E-state index in [1.54, 1.807) is 42.3 Å². The summed E-state index contributed by atoms with van der Waals surface area (Å²) in [6.45, 7) is -2.32. The fourth-order valence-electron chi connectivity index (χ4n) is 2.95. The summed E-state index contributed by atoms with van der Waals surface area (Å²) in [5.74, 6) is 2.07. The van der Waals surface area contributed by atoms with E-state index in [1.165, 1.54) is 13.8 Å². The minimum atomic E-state index is -3.61. The lowest BCUT2D eigenvalue weighted by Crippen LogP contribution is -2.01. The second kappa shape index (κ2) is 7.62. The zero-order valence-corrected chi connectivity index (χ0v) is 17.5. The van der Waals surface area contributed by atoms with Crippen molar-refractivity contribution in [2.75, 3.05) is 27.7 Å². The molecule has 0 amide bonds. The van der Waals surface area contributed by atoms with E-state index >= 15 is 0 Å². The number of hydrogen-bond donors (Lipinski definition) is 0. The molecule has 0 radical (unpaired) electrons. The lowest BCUT2D eigenvalue weighted by molar-refractivity contribution is -0.166. The maximum atomic E-state index is 11.8. The molecule has 9 nitrogen and oxygen atoms in total. The van der Waals surface area contributed by atoms with E-state index in [1.807, 2.05) is 6.07 Å². The highest BCUT2D eigenvalue weighted by molar-refractivity contribution is 8.55. The number of benzene rings is 2. The first-order valence-electron chi connectivity index (χ1n) is 8.45. The van der Waals surface area contributed by atoms with Crippen molar-refractivity contribution in [3.05, 3.63) is 36.5 Å². The average Bonchev–Trinajstić information content (AvgIpc) is 3.35. The van der Waals surface area contributed by atoms with Gasteiger partial charge in [-0.15, -0.1) is 5.10 Å². The first kappa shape index (κ1) is 19.6. The van der Waals surface area contributed by atoms with Gasteiger partial charge in [-0.25, -0.2) is 4.68 Å². The van der Waals surface area contributed by atoms with Crippen LogP contribution in [-0.2, 0) is 4.57 Å². The number of aromatic nitrogens is 3. The summed E-state index contributed by atoms with van der Waals surface area (Å²) >= 11 is 0.756. The summed E-state index contributed by atoms with van der Waals surface area (Å²) in [5, 5.41) is 8.19. The quantitative estimate of drug-likeness (QED) is 0.541. The minimum Gasteiger partial charge on any atom is -0.791 e. The smallest absolute Gasteiger partial charge is 0.231 e. The molecular formula is C18H17N3O6PS-. The number of ether oxygens (including phenoxy) is 4. The van der Waals surface area contributed by atoms with E-state index in [0.29, 0.717) is 39.3 Å². The fraction of sp³-hybridized carbons (Fsp3) is 0.222. The van der Waals surface area contributed by atoms with Crippen LogP contribution in [0.1, 0.15) is 0 Å². The van der Waals surface area contributed by atoms with Crippen molar-refractivity contribution < 1.29 is 28.4 Å². The second-order valence-electron chi connectivity index (χ2n) is 6.14. The Morgan fingerprint density at radius 3 is 2.69 bits per heavy atom. The predicted molar refractivity (Wildman–Crippen MR) is 105 cm³/mol. The van der Waals surface area contributed by atoms with Crippen LogP contribution < -0.4 is 23.8 Å². The molecule has 0 spiro atoms. The molecule has 0 fully saturated rings. The van der Waals surface area contributed by atoms with E-state index < -0.39 is 6.57 Å². The monoisotopic (exact) mass is 434 g/mol. The molecule has 0 N–H and O–H groups in total. The third kappa shape index (κ3) is 3.91. The molecule has 0 aliphatic carbocycles. The zero-order chi connectivity index (χ0) is 20.6. The number of fused-ring (bicyclic) bond motifs is 1. The van der Waals surface area contributed by atoms with Crippen LogP contribution in [0.4, 0.5) is 0 Å². The summed E-state index contributed by atoms with van der Waals surface area (Å²) in [7, 11) is 3.04. The molecule has 1 unspecified atom stereocenters. The van der Waals surface area contributed by atoms with Gasteiger partial charge < -0.3 is 28.4 Å². The number of rotatable bonds is 6. The molecule has 2 aromatic carbocycles. The molecule has 4 rings (SSSR count). The molecule has 1 aliphatic rings. The molecule has 3 aromatic rings. The van der Waals surface area contributed by atoms with Gasteiger partial charge in [0.2, 0.25) is 12.5 Å². The zero-order valence-electron chi connectivity index (χ0n) is 15.8. The van der Waals surface area contributed by atoms with Crippen LogP contribution >= 0.6 is 18.0 Å². The molecule has 0 saturated heterocycles. The molecule has 1 atom stereocenters. The summed E-state index contributed by atoms with van der Waals surface area (Å²) in [6.07, 6.45) is 1.59. The van der Waals surface area contributed by atoms with Gasteiger partial charge in [-0.3, -0.25) is 0 Å². The molecule has 0 bridgehead atoms. The Kier molecular flexibility index (Phi) is 5.16. The molecule has 11 heteroatoms. The van der Waals surface area contributed by atoms with Crippen LogP contribution in [-0.4, -0.2) is 42.7 Å². The Balaban J connectivity index is 1.80. The van der Waals surface area contributed by atoms with Gasteiger partial charge in [-0.2, -0.15) is 0 Å². The second-order valence-corrected chi connectivity index (χ2v) is 10.8. The Labute approximate surface area is 170 Å². The average molecular weight is 434 g/mol. The van der Waals surface area contributed by atoms with Gasteiger partial charge in [0, 0.05) is 17.7 Å². The molecule has 152 valence electrons. The highest BCUT2D eigenvalue weighted by Gasteiger charge is 2.22. The van der Waals surface area contributed by atoms with Crippen molar-refractivity contribution in [3.63, 3.8) is 0 Å². The van der Waals surface area contributed by atoms with E-state index in [2.05, 4.69) is 10.3 Å². The third-order valence-electron chi connectivity index (χ3n) is 4.16. The van der Waals surface area contributed by atoms with E-state index in [0.717, 1.165) is 16.9 Å². The highest BCUT2D eigenvalue weighted by atomic mass is 32.7. The van der Waals surface area contributed by atoms with E-state index in [4.69, 9.17) is 18.9 Å². The third-order valence-corrected chi connectivity index (χ3v) is 6.59. The summed E-state index contributed by atoms with van der Waals surface area (Å²) in [6, 6.07) is 8.80. The molecule has 1 aliphatic heterocycles. The summed E-state index contributed by atoms with van der Waals surface area (Å²) < 4.78 is 35.0. The maximum absolute atomic E-state index is 11.8. The van der Waals surface area contributed by atoms with Crippen LogP contribution in [0.5, 0.6) is 23.0 Å². The number of hydrogen-bond acceptors (Lipinski definition) is 9. The first-order chi connectivity index (χ1) is 13.9. The van der Waals surface area contributed by atoms with Crippen molar-refractivity contribution in [2.45, 2.75) is 4.90 Å². The lowest BCUT2D eigenvalue weighted by Gasteiger charge is -2.19. The Bertz CT molecular complexity index is 1110. The van der Waals surface area contributed by atoms with Gasteiger partial charge in [0.15, 0.2) is 11.5 Å². The molecule has 2 heterocycles. The van der Waals surface area contributed by atoms with Gasteiger partial charge in [0.1, 0.15) is 5.75 Å². The first-order valence-corrected chi connectivity index (χ1v) is 11.9. The Hall–Kier alpha value is -2.68. The molecule has 0 saturated carbocycles. The van der Waals surface area contributed by atoms with Crippen LogP contribution in [0.3, 0.4) is 0 Å². The normalized spacial score (nSPS) is 14.5. The molecular weight excluding hydrogens is 417 g/mol. The number of nitrogens with zero attached hydrogens (tertiary/aromatic N) is 3. The number of methoxy groups -OCH3 is 2. The van der Waals surface area contributed by atoms with Gasteiger partial charge in [-0.05, 0) is 24.9 Å². The van der Waals surface area contributed by atoms with Crippen molar-refractivity contribution in [1.82, 2.24) is 15.0 Å². The van der Waals surface area contributed by atoms with E-state index in [-0.39, 0.29) is 6.79 Å². The van der Waals surface area contributed by atoms with Crippen LogP contribution in [0, 0.1) is 0 Å². The summed E-state index contributed by atoms with van der Waals surface area (Å²) in [4.78, 5) is 12.3. The maximum Gasteiger partial charge on any atom is 0.231 e. The van der Waals surface area contributed by atoms with E-state index in [9.17, 15) is 9.46 Å². The Morgan fingerprint density at radius 2 is 1.97 bits per heavy atom. The van der Waals surface area contributed by atoms with Gasteiger partial charge in [0.25, 0.3) is 0 Å². The van der Waals surface area contributed by atoms with Gasteiger partial charge >= 0.3 is 0 Å². The minimum absolute atomic E-state index is 0.116. The van der Waals surface area contributed by atoms with Crippen LogP contribution in [0.15, 0.2) is 41.4 Å². The van der Waals surface area contributed by atoms with Crippen LogP contribution in [0.2, 0.25) is 0 Å². The molecule has 29 heavy (non-hydrogen) atoms. The topological polar surface area (TPSA) is 108 Å². The largest absolute Gasteiger partial charge is 0.791 e. The van der Waals surface area contributed by atoms with Gasteiger partial charge in [-0.1, -0.05) is 16.6 Å². The Morgan fingerprint density at radius 1 is 1.17 bits per heavy atom. The van der Waals surface area contributed by atoms with Crippen molar-refractivity contribution >= 4 is 18.0 Å². The van der Waals surface area contributed by atoms with Crippen molar-refractivity contribution in [2.24, 2.45) is 0 Å². The SMILES string of the molecule is COc1ccc(-c2cnnn2-c2cc(OC)c3c(c2)OCO3)cc1SP(C)(=O)[O-]. The molecule has 1 aromatic heterocycles. The van der Waals surface area contributed by atoms with Crippen molar-refractivity contribution in [1.29, 1.82) is 0 Å². The van der Waals surface area contributed by atoms with Gasteiger partial charge in [0.05, 0.1) is 43.3 Å².